The van der Waals surface area contributed by atoms with Gasteiger partial charge in [-0.1, -0.05) is 37.3 Å². The quantitative estimate of drug-likeness (QED) is 0.808. The predicted octanol–water partition coefficient (Wildman–Crippen LogP) is 4.96. The number of ether oxygens (including phenoxy) is 1. The molecule has 1 N–H and O–H groups in total. The van der Waals surface area contributed by atoms with Gasteiger partial charge in [0, 0.05) is 0 Å². The summed E-state index contributed by atoms with van der Waals surface area (Å²) in [7, 11) is 0. The normalized spacial score (nSPS) is 13.2. The van der Waals surface area contributed by atoms with E-state index < -0.39 is 6.10 Å². The lowest BCUT2D eigenvalue weighted by molar-refractivity contribution is -0.128. The van der Waals surface area contributed by atoms with E-state index in [4.69, 9.17) is 4.74 Å². The molecule has 2 aromatic carbocycles. The van der Waals surface area contributed by atoms with Crippen LogP contribution >= 0.6 is 0 Å². The smallest absolute Gasteiger partial charge is 0.261 e. The summed E-state index contributed by atoms with van der Waals surface area (Å²) in [6.07, 6.45) is 0.297. The van der Waals surface area contributed by atoms with Crippen molar-refractivity contribution in [1.29, 1.82) is 0 Å². The molecule has 0 radical (unpaired) electrons. The molecule has 0 heterocycles. The van der Waals surface area contributed by atoms with Crippen LogP contribution in [0.1, 0.15) is 54.1 Å². The second-order valence-electron chi connectivity index (χ2n) is 6.77. The average Bonchev–Trinajstić information content (AvgIpc) is 2.59. The molecule has 0 saturated carbocycles. The Balaban J connectivity index is 2.08. The Morgan fingerprint density at radius 1 is 1.04 bits per heavy atom. The van der Waals surface area contributed by atoms with E-state index in [1.807, 2.05) is 32.0 Å². The Morgan fingerprint density at radius 2 is 1.76 bits per heavy atom. The summed E-state index contributed by atoms with van der Waals surface area (Å²) in [6.45, 7) is 12.1. The minimum atomic E-state index is -0.541. The topological polar surface area (TPSA) is 38.3 Å². The number of amides is 1. The molecule has 2 atom stereocenters. The Hall–Kier alpha value is -2.29. The molecule has 1 amide bonds. The van der Waals surface area contributed by atoms with Crippen LogP contribution in [-0.4, -0.2) is 12.0 Å². The molecule has 0 saturated heterocycles. The van der Waals surface area contributed by atoms with Crippen LogP contribution in [-0.2, 0) is 4.79 Å². The highest BCUT2D eigenvalue weighted by molar-refractivity contribution is 5.81. The first-order valence-electron chi connectivity index (χ1n) is 8.93. The number of aryl methyl sites for hydroxylation is 3. The molecule has 2 rings (SSSR count). The fraction of sp³-hybridized carbons (Fsp3) is 0.409. The molecule has 0 unspecified atom stereocenters. The van der Waals surface area contributed by atoms with Crippen LogP contribution in [0.25, 0.3) is 0 Å². The average molecular weight is 339 g/mol. The Labute approximate surface area is 151 Å². The van der Waals surface area contributed by atoms with E-state index >= 15 is 0 Å². The standard InChI is InChI=1S/C22H29NO2/c1-7-20(19-12-11-14(2)16(4)13-19)23-22(24)18(6)25-21-10-8-9-15(3)17(21)5/h8-13,18,20H,7H2,1-6H3,(H,23,24)/t18-,20+/m0/s1. The second-order valence-corrected chi connectivity index (χ2v) is 6.77. The highest BCUT2D eigenvalue weighted by Crippen LogP contribution is 2.23. The maximum absolute atomic E-state index is 12.6. The van der Waals surface area contributed by atoms with Crippen LogP contribution in [0.5, 0.6) is 5.75 Å². The van der Waals surface area contributed by atoms with Crippen LogP contribution in [0, 0.1) is 27.7 Å². The molecule has 0 aliphatic carbocycles. The lowest BCUT2D eigenvalue weighted by atomic mass is 9.99. The van der Waals surface area contributed by atoms with Crippen molar-refractivity contribution in [2.45, 2.75) is 60.1 Å². The fourth-order valence-corrected chi connectivity index (χ4v) is 2.79. The number of benzene rings is 2. The van der Waals surface area contributed by atoms with Gasteiger partial charge in [-0.3, -0.25) is 4.79 Å². The molecule has 0 aromatic heterocycles. The summed E-state index contributed by atoms with van der Waals surface area (Å²) in [6, 6.07) is 12.2. The van der Waals surface area contributed by atoms with Crippen molar-refractivity contribution in [2.24, 2.45) is 0 Å². The van der Waals surface area contributed by atoms with Crippen molar-refractivity contribution in [3.8, 4) is 5.75 Å². The maximum atomic E-state index is 12.6. The number of rotatable bonds is 6. The predicted molar refractivity (Wildman–Crippen MR) is 103 cm³/mol. The van der Waals surface area contributed by atoms with Crippen molar-refractivity contribution in [3.63, 3.8) is 0 Å². The van der Waals surface area contributed by atoms with Crippen LogP contribution in [0.4, 0.5) is 0 Å². The molecule has 0 aliphatic heterocycles. The summed E-state index contributed by atoms with van der Waals surface area (Å²) in [4.78, 5) is 12.6. The SMILES string of the molecule is CC[C@@H](NC(=O)[C@H](C)Oc1cccc(C)c1C)c1ccc(C)c(C)c1. The van der Waals surface area contributed by atoms with E-state index in [9.17, 15) is 4.79 Å². The number of hydrogen-bond donors (Lipinski definition) is 1. The lowest BCUT2D eigenvalue weighted by Crippen LogP contribution is -2.38. The van der Waals surface area contributed by atoms with E-state index in [2.05, 4.69) is 44.3 Å². The molecule has 0 aliphatic rings. The first-order valence-corrected chi connectivity index (χ1v) is 8.93. The van der Waals surface area contributed by atoms with Gasteiger partial charge in [-0.15, -0.1) is 0 Å². The van der Waals surface area contributed by atoms with E-state index in [-0.39, 0.29) is 11.9 Å². The van der Waals surface area contributed by atoms with E-state index in [0.29, 0.717) is 0 Å². The number of nitrogens with one attached hydrogen (secondary N) is 1. The van der Waals surface area contributed by atoms with Crippen LogP contribution in [0.2, 0.25) is 0 Å². The summed E-state index contributed by atoms with van der Waals surface area (Å²) < 4.78 is 5.90. The molecule has 0 spiro atoms. The van der Waals surface area contributed by atoms with Crippen LogP contribution in [0.15, 0.2) is 36.4 Å². The minimum absolute atomic E-state index is 0.00328. The van der Waals surface area contributed by atoms with Crippen molar-refractivity contribution in [1.82, 2.24) is 5.32 Å². The molecule has 0 bridgehead atoms. The lowest BCUT2D eigenvalue weighted by Gasteiger charge is -2.22. The van der Waals surface area contributed by atoms with Gasteiger partial charge in [0.05, 0.1) is 6.04 Å². The summed E-state index contributed by atoms with van der Waals surface area (Å²) in [5.74, 6) is 0.674. The van der Waals surface area contributed by atoms with Gasteiger partial charge >= 0.3 is 0 Å². The number of carbonyl (C=O) groups excluding carboxylic acids is 1. The van der Waals surface area contributed by atoms with E-state index in [1.165, 1.54) is 11.1 Å². The van der Waals surface area contributed by atoms with Crippen LogP contribution in [0.3, 0.4) is 0 Å². The molecule has 25 heavy (non-hydrogen) atoms. The minimum Gasteiger partial charge on any atom is -0.481 e. The van der Waals surface area contributed by atoms with Crippen molar-refractivity contribution >= 4 is 5.91 Å². The van der Waals surface area contributed by atoms with Crippen molar-refractivity contribution in [2.75, 3.05) is 0 Å². The van der Waals surface area contributed by atoms with Gasteiger partial charge in [0.15, 0.2) is 6.10 Å². The first kappa shape index (κ1) is 19.0. The second kappa shape index (κ2) is 8.19. The zero-order valence-electron chi connectivity index (χ0n) is 16.1. The Bertz CT molecular complexity index is 752. The molecule has 2 aromatic rings. The zero-order valence-corrected chi connectivity index (χ0v) is 16.1. The Kier molecular flexibility index (Phi) is 6.24. The summed E-state index contributed by atoms with van der Waals surface area (Å²) in [5, 5.41) is 3.12. The molecule has 134 valence electrons. The monoisotopic (exact) mass is 339 g/mol. The summed E-state index contributed by atoms with van der Waals surface area (Å²) >= 11 is 0. The largest absolute Gasteiger partial charge is 0.481 e. The first-order chi connectivity index (χ1) is 11.8. The van der Waals surface area contributed by atoms with Gasteiger partial charge in [-0.05, 0) is 74.9 Å². The Morgan fingerprint density at radius 3 is 2.40 bits per heavy atom. The van der Waals surface area contributed by atoms with Gasteiger partial charge < -0.3 is 10.1 Å². The highest BCUT2D eigenvalue weighted by atomic mass is 16.5. The van der Waals surface area contributed by atoms with Gasteiger partial charge in [-0.25, -0.2) is 0 Å². The van der Waals surface area contributed by atoms with E-state index in [0.717, 1.165) is 28.9 Å². The van der Waals surface area contributed by atoms with Gasteiger partial charge in [0.2, 0.25) is 0 Å². The molecule has 3 heteroatoms. The highest BCUT2D eigenvalue weighted by Gasteiger charge is 2.20. The fourth-order valence-electron chi connectivity index (χ4n) is 2.79. The molecule has 3 nitrogen and oxygen atoms in total. The third kappa shape index (κ3) is 4.62. The molecular formula is C22H29NO2. The maximum Gasteiger partial charge on any atom is 0.261 e. The number of hydrogen-bond acceptors (Lipinski definition) is 2. The molecular weight excluding hydrogens is 310 g/mol. The van der Waals surface area contributed by atoms with Gasteiger partial charge in [-0.2, -0.15) is 0 Å². The van der Waals surface area contributed by atoms with Gasteiger partial charge in [0.25, 0.3) is 5.91 Å². The summed E-state index contributed by atoms with van der Waals surface area (Å²) in [5.41, 5.74) is 5.87. The van der Waals surface area contributed by atoms with E-state index in [1.54, 1.807) is 6.92 Å². The zero-order chi connectivity index (χ0) is 18.6. The molecule has 0 fully saturated rings. The third-order valence-electron chi connectivity index (χ3n) is 4.89. The third-order valence-corrected chi connectivity index (χ3v) is 4.89. The van der Waals surface area contributed by atoms with Crippen LogP contribution < -0.4 is 10.1 Å². The number of carbonyl (C=O) groups is 1. The van der Waals surface area contributed by atoms with Crippen molar-refractivity contribution < 1.29 is 9.53 Å². The van der Waals surface area contributed by atoms with Crippen molar-refractivity contribution in [3.05, 3.63) is 64.2 Å². The van der Waals surface area contributed by atoms with Gasteiger partial charge in [0.1, 0.15) is 5.75 Å².